The zero-order valence-electron chi connectivity index (χ0n) is 7.00. The summed E-state index contributed by atoms with van der Waals surface area (Å²) in [5, 5.41) is 3.71. The highest BCUT2D eigenvalue weighted by Crippen LogP contribution is 2.29. The maximum atomic E-state index is 12.5. The molecule has 9 heteroatoms. The Morgan fingerprint density at radius 3 is 2.40 bits per heavy atom. The SMILES string of the molecule is NS(=O)(=O)c1[nH]c(=O)cc(Br)c1C(F)F. The van der Waals surface area contributed by atoms with E-state index in [-0.39, 0.29) is 4.47 Å². The van der Waals surface area contributed by atoms with Gasteiger partial charge in [0.25, 0.3) is 16.4 Å². The molecule has 1 rings (SSSR count). The maximum Gasteiger partial charge on any atom is 0.267 e. The van der Waals surface area contributed by atoms with Crippen molar-refractivity contribution in [2.24, 2.45) is 5.14 Å². The van der Waals surface area contributed by atoms with Gasteiger partial charge in [-0.15, -0.1) is 0 Å². The molecule has 0 unspecified atom stereocenters. The predicted molar refractivity (Wildman–Crippen MR) is 51.1 cm³/mol. The smallest absolute Gasteiger partial charge is 0.267 e. The van der Waals surface area contributed by atoms with Gasteiger partial charge in [0.05, 0.1) is 5.56 Å². The van der Waals surface area contributed by atoms with Gasteiger partial charge >= 0.3 is 0 Å². The molecule has 0 fully saturated rings. The van der Waals surface area contributed by atoms with Gasteiger partial charge in [0.2, 0.25) is 5.56 Å². The minimum atomic E-state index is -4.39. The van der Waals surface area contributed by atoms with Gasteiger partial charge in [0, 0.05) is 10.5 Å². The highest BCUT2D eigenvalue weighted by atomic mass is 79.9. The van der Waals surface area contributed by atoms with Crippen molar-refractivity contribution in [3.63, 3.8) is 0 Å². The quantitative estimate of drug-likeness (QED) is 0.843. The molecule has 0 saturated heterocycles. The molecular formula is C6H5BrF2N2O3S. The Bertz CT molecular complexity index is 540. The number of aromatic amines is 1. The summed E-state index contributed by atoms with van der Waals surface area (Å²) in [5.41, 5.74) is -1.69. The summed E-state index contributed by atoms with van der Waals surface area (Å²) in [4.78, 5) is 12.6. The Labute approximate surface area is 91.5 Å². The van der Waals surface area contributed by atoms with Crippen LogP contribution in [-0.4, -0.2) is 13.4 Å². The molecular weight excluding hydrogens is 298 g/mol. The van der Waals surface area contributed by atoms with Crippen molar-refractivity contribution in [2.45, 2.75) is 11.5 Å². The van der Waals surface area contributed by atoms with Crippen molar-refractivity contribution in [1.29, 1.82) is 0 Å². The monoisotopic (exact) mass is 302 g/mol. The molecule has 0 spiro atoms. The largest absolute Gasteiger partial charge is 0.311 e. The van der Waals surface area contributed by atoms with Crippen molar-refractivity contribution in [3.05, 3.63) is 26.5 Å². The lowest BCUT2D eigenvalue weighted by molar-refractivity contribution is 0.146. The fourth-order valence-electron chi connectivity index (χ4n) is 0.944. The third kappa shape index (κ3) is 2.61. The van der Waals surface area contributed by atoms with Crippen molar-refractivity contribution in [3.8, 4) is 0 Å². The Morgan fingerprint density at radius 1 is 1.47 bits per heavy atom. The molecule has 5 nitrogen and oxygen atoms in total. The Hall–Kier alpha value is -0.800. The summed E-state index contributed by atoms with van der Waals surface area (Å²) < 4.78 is 46.5. The standard InChI is InChI=1S/C6H5BrF2N2O3S/c7-2-1-3(12)11-6(15(10,13)14)4(2)5(8)9/h1,5H,(H,11,12)(H2,10,13,14). The molecule has 0 saturated carbocycles. The Balaban J connectivity index is 3.70. The van der Waals surface area contributed by atoms with Gasteiger partial charge in [-0.05, 0) is 0 Å². The van der Waals surface area contributed by atoms with Crippen molar-refractivity contribution >= 4 is 26.0 Å². The van der Waals surface area contributed by atoms with E-state index in [1.807, 2.05) is 0 Å². The van der Waals surface area contributed by atoms with Crippen LogP contribution in [0.3, 0.4) is 0 Å². The van der Waals surface area contributed by atoms with Crippen LogP contribution < -0.4 is 10.7 Å². The molecule has 0 aliphatic heterocycles. The first kappa shape index (κ1) is 12.3. The predicted octanol–water partition coefficient (Wildman–Crippen LogP) is 0.722. The number of primary sulfonamides is 1. The van der Waals surface area contributed by atoms with E-state index in [4.69, 9.17) is 0 Å². The van der Waals surface area contributed by atoms with Crippen LogP contribution in [0.4, 0.5) is 8.78 Å². The zero-order valence-corrected chi connectivity index (χ0v) is 9.40. The van der Waals surface area contributed by atoms with Crippen LogP contribution in [0.5, 0.6) is 0 Å². The Kier molecular flexibility index (Phi) is 3.26. The van der Waals surface area contributed by atoms with E-state index in [0.717, 1.165) is 6.07 Å². The van der Waals surface area contributed by atoms with Gasteiger partial charge in [-0.1, -0.05) is 15.9 Å². The van der Waals surface area contributed by atoms with Gasteiger partial charge in [-0.25, -0.2) is 22.3 Å². The normalized spacial score (nSPS) is 12.1. The van der Waals surface area contributed by atoms with Gasteiger partial charge in [0.1, 0.15) is 0 Å². The van der Waals surface area contributed by atoms with Crippen LogP contribution in [0, 0.1) is 0 Å². The van der Waals surface area contributed by atoms with Crippen LogP contribution in [0.1, 0.15) is 12.0 Å². The number of sulfonamides is 1. The minimum absolute atomic E-state index is 0.301. The van der Waals surface area contributed by atoms with E-state index >= 15 is 0 Å². The fraction of sp³-hybridized carbons (Fsp3) is 0.167. The molecule has 0 radical (unpaired) electrons. The molecule has 0 aliphatic carbocycles. The molecule has 1 heterocycles. The molecule has 15 heavy (non-hydrogen) atoms. The Morgan fingerprint density at radius 2 is 2.00 bits per heavy atom. The summed E-state index contributed by atoms with van der Waals surface area (Å²) in [5.74, 6) is 0. The zero-order chi connectivity index (χ0) is 11.8. The average Bonchev–Trinajstić information content (AvgIpc) is 1.99. The van der Waals surface area contributed by atoms with E-state index in [9.17, 15) is 22.0 Å². The number of nitrogens with one attached hydrogen (secondary N) is 1. The number of hydrogen-bond acceptors (Lipinski definition) is 3. The third-order valence-corrected chi connectivity index (χ3v) is 3.05. The molecule has 0 aliphatic rings. The summed E-state index contributed by atoms with van der Waals surface area (Å²) in [6, 6.07) is 0.802. The van der Waals surface area contributed by atoms with Gasteiger partial charge in [-0.2, -0.15) is 0 Å². The second-order valence-corrected chi connectivity index (χ2v) is 4.92. The first-order chi connectivity index (χ1) is 6.73. The van der Waals surface area contributed by atoms with E-state index in [0.29, 0.717) is 0 Å². The summed E-state index contributed by atoms with van der Waals surface area (Å²) in [6.07, 6.45) is -3.07. The van der Waals surface area contributed by atoms with Crippen LogP contribution in [0.2, 0.25) is 0 Å². The summed E-state index contributed by atoms with van der Waals surface area (Å²) >= 11 is 2.67. The fourth-order valence-corrected chi connectivity index (χ4v) is 2.40. The molecule has 0 aromatic carbocycles. The number of hydrogen-bond donors (Lipinski definition) is 2. The average molecular weight is 303 g/mol. The summed E-state index contributed by atoms with van der Waals surface area (Å²) in [7, 11) is -4.39. The molecule has 0 amide bonds. The second-order valence-electron chi connectivity index (χ2n) is 2.57. The number of rotatable bonds is 2. The number of halogens is 3. The third-order valence-electron chi connectivity index (χ3n) is 1.50. The maximum absolute atomic E-state index is 12.5. The van der Waals surface area contributed by atoms with E-state index in [2.05, 4.69) is 21.1 Å². The molecule has 1 aromatic rings. The van der Waals surface area contributed by atoms with E-state index in [1.165, 1.54) is 0 Å². The lowest BCUT2D eigenvalue weighted by atomic mass is 10.3. The van der Waals surface area contributed by atoms with Crippen molar-refractivity contribution < 1.29 is 17.2 Å². The molecule has 84 valence electrons. The van der Waals surface area contributed by atoms with Crippen LogP contribution in [-0.2, 0) is 10.0 Å². The number of H-pyrrole nitrogens is 1. The minimum Gasteiger partial charge on any atom is -0.311 e. The van der Waals surface area contributed by atoms with Crippen LogP contribution in [0.25, 0.3) is 0 Å². The number of alkyl halides is 2. The number of nitrogens with two attached hydrogens (primary N) is 1. The number of aromatic nitrogens is 1. The number of pyridine rings is 1. The molecule has 3 N–H and O–H groups in total. The van der Waals surface area contributed by atoms with Crippen molar-refractivity contribution in [2.75, 3.05) is 0 Å². The molecule has 1 aromatic heterocycles. The first-order valence-electron chi connectivity index (χ1n) is 3.47. The van der Waals surface area contributed by atoms with Crippen LogP contribution in [0.15, 0.2) is 20.4 Å². The second kappa shape index (κ2) is 3.99. The van der Waals surface area contributed by atoms with Gasteiger partial charge < -0.3 is 4.98 Å². The van der Waals surface area contributed by atoms with Crippen LogP contribution >= 0.6 is 15.9 Å². The lowest BCUT2D eigenvalue weighted by Crippen LogP contribution is -2.21. The topological polar surface area (TPSA) is 93.0 Å². The van der Waals surface area contributed by atoms with Crippen molar-refractivity contribution in [1.82, 2.24) is 4.98 Å². The van der Waals surface area contributed by atoms with E-state index < -0.39 is 32.6 Å². The van der Waals surface area contributed by atoms with E-state index in [1.54, 1.807) is 4.98 Å². The summed E-state index contributed by atoms with van der Waals surface area (Å²) in [6.45, 7) is 0. The molecule has 0 bridgehead atoms. The molecule has 0 atom stereocenters. The first-order valence-corrected chi connectivity index (χ1v) is 5.81. The van der Waals surface area contributed by atoms with Gasteiger partial charge in [-0.3, -0.25) is 4.79 Å². The highest BCUT2D eigenvalue weighted by Gasteiger charge is 2.24. The highest BCUT2D eigenvalue weighted by molar-refractivity contribution is 9.10. The lowest BCUT2D eigenvalue weighted by Gasteiger charge is -2.07. The van der Waals surface area contributed by atoms with Gasteiger partial charge in [0.15, 0.2) is 5.03 Å².